The second-order valence-corrected chi connectivity index (χ2v) is 3.39. The second-order valence-electron chi connectivity index (χ2n) is 3.39. The Balaban J connectivity index is 2.23. The van der Waals surface area contributed by atoms with Gasteiger partial charge in [0.15, 0.2) is 0 Å². The Morgan fingerprint density at radius 2 is 2.38 bits per heavy atom. The Morgan fingerprint density at radius 1 is 1.54 bits per heavy atom. The van der Waals surface area contributed by atoms with E-state index in [-0.39, 0.29) is 18.8 Å². The minimum atomic E-state index is -0.341. The van der Waals surface area contributed by atoms with Crippen LogP contribution in [0.1, 0.15) is 31.0 Å². The van der Waals surface area contributed by atoms with Crippen LogP contribution in [0.25, 0.3) is 0 Å². The van der Waals surface area contributed by atoms with E-state index in [4.69, 9.17) is 5.11 Å². The molecule has 72 valence electrons. The minimum Gasteiger partial charge on any atom is -0.391 e. The number of aliphatic hydroxyl groups is 2. The maximum absolute atomic E-state index is 9.61. The van der Waals surface area contributed by atoms with Gasteiger partial charge in [-0.15, -0.1) is 5.10 Å². The van der Waals surface area contributed by atoms with Crippen molar-refractivity contribution in [3.8, 4) is 0 Å². The molecule has 0 aliphatic heterocycles. The van der Waals surface area contributed by atoms with E-state index in [0.29, 0.717) is 5.69 Å². The van der Waals surface area contributed by atoms with E-state index >= 15 is 0 Å². The Bertz CT molecular complexity index is 287. The first kappa shape index (κ1) is 8.65. The van der Waals surface area contributed by atoms with Crippen molar-refractivity contribution >= 4 is 0 Å². The second kappa shape index (κ2) is 3.43. The summed E-state index contributed by atoms with van der Waals surface area (Å²) >= 11 is 0. The molecule has 1 aliphatic carbocycles. The highest BCUT2D eigenvalue weighted by molar-refractivity contribution is 4.96. The van der Waals surface area contributed by atoms with Crippen molar-refractivity contribution in [3.63, 3.8) is 0 Å². The Kier molecular flexibility index (Phi) is 2.28. The third-order valence-corrected chi connectivity index (χ3v) is 2.57. The van der Waals surface area contributed by atoms with Gasteiger partial charge in [0.25, 0.3) is 0 Å². The fourth-order valence-electron chi connectivity index (χ4n) is 1.86. The Hall–Kier alpha value is -0.940. The van der Waals surface area contributed by atoms with Crippen LogP contribution in [0.4, 0.5) is 0 Å². The average molecular weight is 183 g/mol. The molecule has 1 fully saturated rings. The minimum absolute atomic E-state index is 0.00431. The van der Waals surface area contributed by atoms with Crippen molar-refractivity contribution in [1.29, 1.82) is 0 Å². The van der Waals surface area contributed by atoms with Crippen LogP contribution in [0.15, 0.2) is 6.20 Å². The lowest BCUT2D eigenvalue weighted by atomic mass is 10.2. The summed E-state index contributed by atoms with van der Waals surface area (Å²) in [7, 11) is 0. The molecule has 2 rings (SSSR count). The largest absolute Gasteiger partial charge is 0.391 e. The monoisotopic (exact) mass is 183 g/mol. The van der Waals surface area contributed by atoms with Crippen LogP contribution in [-0.4, -0.2) is 31.3 Å². The molecule has 0 radical (unpaired) electrons. The van der Waals surface area contributed by atoms with E-state index in [1.165, 1.54) is 6.20 Å². The Morgan fingerprint density at radius 3 is 3.00 bits per heavy atom. The molecule has 2 N–H and O–H groups in total. The zero-order valence-corrected chi connectivity index (χ0v) is 7.30. The van der Waals surface area contributed by atoms with Gasteiger partial charge in [-0.1, -0.05) is 5.21 Å². The van der Waals surface area contributed by atoms with Crippen LogP contribution >= 0.6 is 0 Å². The van der Waals surface area contributed by atoms with Crippen LogP contribution < -0.4 is 0 Å². The fourth-order valence-corrected chi connectivity index (χ4v) is 1.86. The first-order valence-electron chi connectivity index (χ1n) is 4.51. The molecule has 1 heterocycles. The quantitative estimate of drug-likeness (QED) is 0.669. The molecule has 0 amide bonds. The van der Waals surface area contributed by atoms with Crippen LogP contribution in [0.5, 0.6) is 0 Å². The van der Waals surface area contributed by atoms with Gasteiger partial charge in [0.1, 0.15) is 0 Å². The van der Waals surface area contributed by atoms with Gasteiger partial charge in [-0.25, -0.2) is 4.68 Å². The predicted molar refractivity (Wildman–Crippen MR) is 44.8 cm³/mol. The molecule has 1 aromatic heterocycles. The van der Waals surface area contributed by atoms with Crippen LogP contribution in [0, 0.1) is 0 Å². The molecule has 0 bridgehead atoms. The number of hydrogen-bond acceptors (Lipinski definition) is 4. The molecule has 5 heteroatoms. The maximum atomic E-state index is 9.61. The standard InChI is InChI=1S/C8H13N3O2/c12-5-6-4-9-10-11(6)7-2-1-3-8(7)13/h4,7-8,12-13H,1-3,5H2. The number of nitrogens with zero attached hydrogens (tertiary/aromatic N) is 3. The number of aromatic nitrogens is 3. The van der Waals surface area contributed by atoms with Gasteiger partial charge in [-0.2, -0.15) is 0 Å². The molecule has 0 aromatic carbocycles. The van der Waals surface area contributed by atoms with E-state index in [9.17, 15) is 5.11 Å². The van der Waals surface area contributed by atoms with Crippen molar-refractivity contribution in [1.82, 2.24) is 15.0 Å². The molecule has 13 heavy (non-hydrogen) atoms. The summed E-state index contributed by atoms with van der Waals surface area (Å²) in [5.41, 5.74) is 0.672. The molecule has 1 aliphatic rings. The lowest BCUT2D eigenvalue weighted by molar-refractivity contribution is 0.124. The predicted octanol–water partition coefficient (Wildman–Crippen LogP) is -0.144. The highest BCUT2D eigenvalue weighted by atomic mass is 16.3. The summed E-state index contributed by atoms with van der Waals surface area (Å²) < 4.78 is 1.64. The zero-order valence-electron chi connectivity index (χ0n) is 7.30. The normalized spacial score (nSPS) is 28.2. The van der Waals surface area contributed by atoms with E-state index in [2.05, 4.69) is 10.3 Å². The smallest absolute Gasteiger partial charge is 0.0866 e. The highest BCUT2D eigenvalue weighted by Crippen LogP contribution is 2.29. The van der Waals surface area contributed by atoms with E-state index < -0.39 is 0 Å². The molecule has 1 aromatic rings. The molecule has 5 nitrogen and oxygen atoms in total. The summed E-state index contributed by atoms with van der Waals surface area (Å²) in [6, 6.07) is 0.00431. The molecular formula is C8H13N3O2. The molecule has 2 atom stereocenters. The van der Waals surface area contributed by atoms with Crippen molar-refractivity contribution in [2.24, 2.45) is 0 Å². The third kappa shape index (κ3) is 1.45. The first-order chi connectivity index (χ1) is 6.33. The van der Waals surface area contributed by atoms with Gasteiger partial charge < -0.3 is 10.2 Å². The number of rotatable bonds is 2. The third-order valence-electron chi connectivity index (χ3n) is 2.57. The van der Waals surface area contributed by atoms with Gasteiger partial charge >= 0.3 is 0 Å². The fraction of sp³-hybridized carbons (Fsp3) is 0.750. The van der Waals surface area contributed by atoms with Crippen molar-refractivity contribution < 1.29 is 10.2 Å². The lowest BCUT2D eigenvalue weighted by Gasteiger charge is -2.15. The summed E-state index contributed by atoms with van der Waals surface area (Å²) in [5.74, 6) is 0. The summed E-state index contributed by atoms with van der Waals surface area (Å²) in [5, 5.41) is 26.2. The first-order valence-corrected chi connectivity index (χ1v) is 4.51. The molecule has 0 spiro atoms. The Labute approximate surface area is 76.0 Å². The number of aliphatic hydroxyl groups excluding tert-OH is 2. The molecular weight excluding hydrogens is 170 g/mol. The molecule has 2 unspecified atom stereocenters. The van der Waals surface area contributed by atoms with Crippen molar-refractivity contribution in [3.05, 3.63) is 11.9 Å². The van der Waals surface area contributed by atoms with Crippen LogP contribution in [-0.2, 0) is 6.61 Å². The van der Waals surface area contributed by atoms with Gasteiger partial charge in [0, 0.05) is 0 Å². The average Bonchev–Trinajstić information content (AvgIpc) is 2.71. The number of hydrogen-bond donors (Lipinski definition) is 2. The molecule has 1 saturated carbocycles. The van der Waals surface area contributed by atoms with Crippen LogP contribution in [0.3, 0.4) is 0 Å². The van der Waals surface area contributed by atoms with E-state index in [1.807, 2.05) is 0 Å². The molecule has 0 saturated heterocycles. The van der Waals surface area contributed by atoms with Crippen LogP contribution in [0.2, 0.25) is 0 Å². The lowest BCUT2D eigenvalue weighted by Crippen LogP contribution is -2.21. The maximum Gasteiger partial charge on any atom is 0.0866 e. The van der Waals surface area contributed by atoms with Gasteiger partial charge in [-0.05, 0) is 19.3 Å². The van der Waals surface area contributed by atoms with Gasteiger partial charge in [-0.3, -0.25) is 0 Å². The summed E-state index contributed by atoms with van der Waals surface area (Å²) in [6.07, 6.45) is 3.93. The van der Waals surface area contributed by atoms with E-state index in [1.54, 1.807) is 4.68 Å². The summed E-state index contributed by atoms with van der Waals surface area (Å²) in [6.45, 7) is -0.0732. The SMILES string of the molecule is OCc1cnnn1C1CCCC1O. The highest BCUT2D eigenvalue weighted by Gasteiger charge is 2.28. The van der Waals surface area contributed by atoms with Crippen molar-refractivity contribution in [2.75, 3.05) is 0 Å². The topological polar surface area (TPSA) is 71.2 Å². The van der Waals surface area contributed by atoms with Gasteiger partial charge in [0.05, 0.1) is 30.6 Å². The van der Waals surface area contributed by atoms with Gasteiger partial charge in [0.2, 0.25) is 0 Å². The summed E-state index contributed by atoms with van der Waals surface area (Å²) in [4.78, 5) is 0. The van der Waals surface area contributed by atoms with E-state index in [0.717, 1.165) is 19.3 Å². The zero-order chi connectivity index (χ0) is 9.26. The van der Waals surface area contributed by atoms with Crippen molar-refractivity contribution in [2.45, 2.75) is 38.0 Å².